The number of fused-ring (bicyclic) bond motifs is 1. The first kappa shape index (κ1) is 15.9. The highest BCUT2D eigenvalue weighted by Gasteiger charge is 2.09. The Morgan fingerprint density at radius 2 is 2.22 bits per heavy atom. The molecule has 1 amide bonds. The van der Waals surface area contributed by atoms with E-state index in [9.17, 15) is 9.18 Å². The van der Waals surface area contributed by atoms with Gasteiger partial charge < -0.3 is 5.32 Å². The van der Waals surface area contributed by atoms with E-state index in [1.165, 1.54) is 24.2 Å². The highest BCUT2D eigenvalue weighted by Crippen LogP contribution is 2.28. The molecule has 4 nitrogen and oxygen atoms in total. The zero-order valence-electron chi connectivity index (χ0n) is 12.4. The smallest absolute Gasteiger partial charge is 0.230 e. The quantitative estimate of drug-likeness (QED) is 0.566. The summed E-state index contributed by atoms with van der Waals surface area (Å²) in [6.45, 7) is 2.02. The van der Waals surface area contributed by atoms with Gasteiger partial charge in [-0.15, -0.1) is 11.3 Å². The number of carbonyl (C=O) groups is 1. The van der Waals surface area contributed by atoms with Gasteiger partial charge in [-0.3, -0.25) is 4.79 Å². The van der Waals surface area contributed by atoms with Crippen molar-refractivity contribution in [2.24, 2.45) is 0 Å². The number of thiophene rings is 1. The van der Waals surface area contributed by atoms with E-state index >= 15 is 0 Å². The molecule has 0 fully saturated rings. The van der Waals surface area contributed by atoms with Gasteiger partial charge in [0.15, 0.2) is 0 Å². The number of nitrogens with zero attached hydrogens (tertiary/aromatic N) is 2. The third-order valence-corrected chi connectivity index (χ3v) is 5.31. The van der Waals surface area contributed by atoms with Crippen LogP contribution in [0.5, 0.6) is 0 Å². The Balaban J connectivity index is 1.55. The average Bonchev–Trinajstić information content (AvgIpc) is 3.03. The Morgan fingerprint density at radius 1 is 1.35 bits per heavy atom. The van der Waals surface area contributed by atoms with E-state index in [1.807, 2.05) is 17.5 Å². The predicted molar refractivity (Wildman–Crippen MR) is 91.1 cm³/mol. The molecule has 0 aliphatic rings. The molecule has 2 heterocycles. The molecule has 118 valence electrons. The summed E-state index contributed by atoms with van der Waals surface area (Å²) in [6, 6.07) is 6.89. The van der Waals surface area contributed by atoms with Crippen LogP contribution in [0.15, 0.2) is 41.0 Å². The number of thioether (sulfide) groups is 1. The van der Waals surface area contributed by atoms with E-state index in [4.69, 9.17) is 0 Å². The summed E-state index contributed by atoms with van der Waals surface area (Å²) in [5.74, 6) is -0.107. The zero-order chi connectivity index (χ0) is 16.2. The minimum Gasteiger partial charge on any atom is -0.351 e. The molecule has 0 bridgehead atoms. The molecule has 1 N–H and O–H groups in total. The topological polar surface area (TPSA) is 54.9 Å². The van der Waals surface area contributed by atoms with E-state index in [2.05, 4.69) is 15.3 Å². The molecule has 3 aromatic rings. The molecule has 0 spiro atoms. The van der Waals surface area contributed by atoms with Crippen LogP contribution < -0.4 is 5.32 Å². The maximum atomic E-state index is 13.5. The Hall–Kier alpha value is -1.99. The van der Waals surface area contributed by atoms with Crippen molar-refractivity contribution in [2.75, 3.05) is 5.75 Å². The van der Waals surface area contributed by atoms with Gasteiger partial charge in [-0.1, -0.05) is 23.9 Å². The fourth-order valence-corrected chi connectivity index (χ4v) is 3.78. The molecule has 7 heteroatoms. The van der Waals surface area contributed by atoms with Crippen LogP contribution in [0.2, 0.25) is 0 Å². The molecular weight excluding hydrogens is 333 g/mol. The second-order valence-corrected chi connectivity index (χ2v) is 6.84. The van der Waals surface area contributed by atoms with E-state index in [0.29, 0.717) is 12.1 Å². The fraction of sp³-hybridized carbons (Fsp3) is 0.188. The summed E-state index contributed by atoms with van der Waals surface area (Å²) in [5.41, 5.74) is 2.23. The number of aryl methyl sites for hydroxylation is 1. The van der Waals surface area contributed by atoms with Gasteiger partial charge in [0.1, 0.15) is 17.2 Å². The van der Waals surface area contributed by atoms with Crippen molar-refractivity contribution in [1.82, 2.24) is 15.3 Å². The zero-order valence-corrected chi connectivity index (χ0v) is 14.0. The number of carbonyl (C=O) groups excluding carboxylic acids is 1. The molecule has 0 saturated heterocycles. The highest BCUT2D eigenvalue weighted by molar-refractivity contribution is 8.00. The normalized spacial score (nSPS) is 10.9. The summed E-state index contributed by atoms with van der Waals surface area (Å²) >= 11 is 2.94. The summed E-state index contributed by atoms with van der Waals surface area (Å²) in [7, 11) is 0. The third kappa shape index (κ3) is 3.86. The summed E-state index contributed by atoms with van der Waals surface area (Å²) < 4.78 is 14.5. The van der Waals surface area contributed by atoms with Crippen molar-refractivity contribution in [3.8, 4) is 0 Å². The lowest BCUT2D eigenvalue weighted by atomic mass is 10.1. The van der Waals surface area contributed by atoms with Gasteiger partial charge in [-0.05, 0) is 35.6 Å². The Morgan fingerprint density at radius 3 is 3.04 bits per heavy atom. The molecule has 1 aromatic carbocycles. The number of nitrogens with one attached hydrogen (secondary N) is 1. The van der Waals surface area contributed by atoms with Gasteiger partial charge >= 0.3 is 0 Å². The SMILES string of the molecule is Cc1ccc(CNC(=O)CSc2ncnc3ccsc23)cc1F. The van der Waals surface area contributed by atoms with Gasteiger partial charge in [0.25, 0.3) is 0 Å². The maximum Gasteiger partial charge on any atom is 0.230 e. The van der Waals surface area contributed by atoms with Crippen LogP contribution in [0.4, 0.5) is 4.39 Å². The van der Waals surface area contributed by atoms with E-state index in [0.717, 1.165) is 20.8 Å². The number of amides is 1. The van der Waals surface area contributed by atoms with Crippen molar-refractivity contribution in [3.63, 3.8) is 0 Å². The van der Waals surface area contributed by atoms with Gasteiger partial charge in [-0.25, -0.2) is 14.4 Å². The third-order valence-electron chi connectivity index (χ3n) is 3.28. The second-order valence-electron chi connectivity index (χ2n) is 4.96. The molecule has 0 aliphatic carbocycles. The monoisotopic (exact) mass is 347 g/mol. The van der Waals surface area contributed by atoms with E-state index < -0.39 is 0 Å². The Kier molecular flexibility index (Phi) is 4.88. The lowest BCUT2D eigenvalue weighted by Gasteiger charge is -2.06. The number of hydrogen-bond acceptors (Lipinski definition) is 5. The van der Waals surface area contributed by atoms with Gasteiger partial charge in [0, 0.05) is 6.54 Å². The van der Waals surface area contributed by atoms with Crippen molar-refractivity contribution >= 4 is 39.2 Å². The van der Waals surface area contributed by atoms with Crippen LogP contribution in [-0.2, 0) is 11.3 Å². The van der Waals surface area contributed by atoms with Gasteiger partial charge in [0.05, 0.1) is 16.0 Å². The number of aromatic nitrogens is 2. The van der Waals surface area contributed by atoms with Gasteiger partial charge in [-0.2, -0.15) is 0 Å². The number of rotatable bonds is 5. The number of benzene rings is 1. The molecular formula is C16H14FN3OS2. The summed E-state index contributed by atoms with van der Waals surface area (Å²) in [5, 5.41) is 5.55. The maximum absolute atomic E-state index is 13.5. The highest BCUT2D eigenvalue weighted by atomic mass is 32.2. The first-order chi connectivity index (χ1) is 11.1. The minimum atomic E-state index is -0.257. The Labute approximate surface area is 141 Å². The molecule has 0 unspecified atom stereocenters. The lowest BCUT2D eigenvalue weighted by molar-refractivity contribution is -0.118. The number of hydrogen-bond donors (Lipinski definition) is 1. The van der Waals surface area contributed by atoms with Crippen molar-refractivity contribution in [3.05, 3.63) is 52.9 Å². The average molecular weight is 347 g/mol. The van der Waals surface area contributed by atoms with Crippen LogP contribution in [0, 0.1) is 12.7 Å². The fourth-order valence-electron chi connectivity index (χ4n) is 2.00. The molecule has 23 heavy (non-hydrogen) atoms. The van der Waals surface area contributed by atoms with Crippen LogP contribution in [0.3, 0.4) is 0 Å². The molecule has 0 radical (unpaired) electrons. The molecule has 0 atom stereocenters. The van der Waals surface area contributed by atoms with Crippen LogP contribution in [-0.4, -0.2) is 21.6 Å². The number of halogens is 1. The van der Waals surface area contributed by atoms with Crippen LogP contribution >= 0.6 is 23.1 Å². The lowest BCUT2D eigenvalue weighted by Crippen LogP contribution is -2.24. The van der Waals surface area contributed by atoms with E-state index in [1.54, 1.807) is 24.3 Å². The minimum absolute atomic E-state index is 0.112. The molecule has 0 aliphatic heterocycles. The second kappa shape index (κ2) is 7.06. The first-order valence-electron chi connectivity index (χ1n) is 6.96. The molecule has 0 saturated carbocycles. The summed E-state index contributed by atoms with van der Waals surface area (Å²) in [6.07, 6.45) is 1.50. The standard InChI is InChI=1S/C16H14FN3OS2/c1-10-2-3-11(6-12(10)17)7-18-14(21)8-23-16-15-13(4-5-22-15)19-9-20-16/h2-6,9H,7-8H2,1H3,(H,18,21). The predicted octanol–water partition coefficient (Wildman–Crippen LogP) is 3.55. The van der Waals surface area contributed by atoms with Crippen molar-refractivity contribution in [1.29, 1.82) is 0 Å². The Bertz CT molecular complexity index is 850. The summed E-state index contributed by atoms with van der Waals surface area (Å²) in [4.78, 5) is 20.3. The van der Waals surface area contributed by atoms with Gasteiger partial charge in [0.2, 0.25) is 5.91 Å². The largest absolute Gasteiger partial charge is 0.351 e. The van der Waals surface area contributed by atoms with Crippen molar-refractivity contribution in [2.45, 2.75) is 18.5 Å². The van der Waals surface area contributed by atoms with E-state index in [-0.39, 0.29) is 17.5 Å². The van der Waals surface area contributed by atoms with Crippen molar-refractivity contribution < 1.29 is 9.18 Å². The molecule has 3 rings (SSSR count). The first-order valence-corrected chi connectivity index (χ1v) is 8.83. The van der Waals surface area contributed by atoms with Crippen LogP contribution in [0.25, 0.3) is 10.2 Å². The van der Waals surface area contributed by atoms with Crippen LogP contribution in [0.1, 0.15) is 11.1 Å². The molecule has 2 aromatic heterocycles.